The van der Waals surface area contributed by atoms with E-state index < -0.39 is 11.7 Å². The third-order valence-corrected chi connectivity index (χ3v) is 5.99. The van der Waals surface area contributed by atoms with E-state index in [4.69, 9.17) is 4.74 Å². The molecule has 2 aromatic carbocycles. The third-order valence-electron chi connectivity index (χ3n) is 4.83. The van der Waals surface area contributed by atoms with Crippen LogP contribution in [0, 0.1) is 0 Å². The van der Waals surface area contributed by atoms with Crippen LogP contribution < -0.4 is 0 Å². The summed E-state index contributed by atoms with van der Waals surface area (Å²) in [6.07, 6.45) is 0.368. The molecule has 0 atom stereocenters. The van der Waals surface area contributed by atoms with Gasteiger partial charge in [0.1, 0.15) is 0 Å². The molecule has 3 aromatic rings. The van der Waals surface area contributed by atoms with Crippen molar-refractivity contribution in [3.63, 3.8) is 0 Å². The summed E-state index contributed by atoms with van der Waals surface area (Å²) in [6.45, 7) is 2.19. The number of hydrogen-bond donors (Lipinski definition) is 0. The van der Waals surface area contributed by atoms with Crippen LogP contribution in [-0.2, 0) is 15.7 Å². The number of hydrogen-bond acceptors (Lipinski definition) is 4. The van der Waals surface area contributed by atoms with Crippen LogP contribution in [0.2, 0.25) is 0 Å². The Kier molecular flexibility index (Phi) is 7.96. The number of ether oxygens (including phenoxy) is 1. The highest BCUT2D eigenvalue weighted by molar-refractivity contribution is 7.99. The zero-order valence-electron chi connectivity index (χ0n) is 17.2. The topological polar surface area (TPSA) is 39.2 Å². The number of fused-ring (bicyclic) bond motifs is 1. The zero-order valence-corrected chi connectivity index (χ0v) is 18.1. The zero-order chi connectivity index (χ0) is 22.3. The van der Waals surface area contributed by atoms with E-state index in [1.807, 2.05) is 6.07 Å². The second-order valence-corrected chi connectivity index (χ2v) is 8.19. The number of unbranched alkanes of at least 4 members (excludes halogenated alkanes) is 2. The summed E-state index contributed by atoms with van der Waals surface area (Å²) in [5, 5.41) is 0.841. The highest BCUT2D eigenvalue weighted by Crippen LogP contribution is 2.38. The number of esters is 1. The fourth-order valence-corrected chi connectivity index (χ4v) is 4.40. The number of aromatic nitrogens is 1. The predicted molar refractivity (Wildman–Crippen MR) is 118 cm³/mol. The monoisotopic (exact) mass is 447 g/mol. The molecule has 0 aliphatic heterocycles. The van der Waals surface area contributed by atoms with Crippen molar-refractivity contribution in [2.45, 2.75) is 43.7 Å². The molecule has 0 N–H and O–H groups in total. The SMILES string of the molecule is CCOC(=O)CCCCCSc1ccnc2ccc(-c3ccccc3C(F)(F)F)cc12. The second kappa shape index (κ2) is 10.7. The molecule has 1 heterocycles. The number of halogens is 3. The van der Waals surface area contributed by atoms with Crippen molar-refractivity contribution >= 4 is 28.6 Å². The highest BCUT2D eigenvalue weighted by atomic mass is 32.2. The Morgan fingerprint density at radius 3 is 2.65 bits per heavy atom. The minimum atomic E-state index is -4.42. The molecule has 0 aliphatic rings. The Balaban J connectivity index is 1.73. The van der Waals surface area contributed by atoms with Gasteiger partial charge in [0.2, 0.25) is 0 Å². The Bertz CT molecular complexity index is 1040. The van der Waals surface area contributed by atoms with E-state index >= 15 is 0 Å². The minimum Gasteiger partial charge on any atom is -0.466 e. The fraction of sp³-hybridized carbons (Fsp3) is 0.333. The molecule has 0 radical (unpaired) electrons. The van der Waals surface area contributed by atoms with E-state index in [0.29, 0.717) is 18.6 Å². The van der Waals surface area contributed by atoms with Gasteiger partial charge in [0.25, 0.3) is 0 Å². The highest BCUT2D eigenvalue weighted by Gasteiger charge is 2.33. The van der Waals surface area contributed by atoms with Crippen molar-refractivity contribution in [3.05, 3.63) is 60.3 Å². The van der Waals surface area contributed by atoms with Crippen molar-refractivity contribution in [2.75, 3.05) is 12.4 Å². The number of pyridine rings is 1. The largest absolute Gasteiger partial charge is 0.466 e. The standard InChI is InChI=1S/C24H24F3NO2S/c1-2-30-23(29)10-4-3-7-15-31-22-13-14-28-21-12-11-17(16-19(21)22)18-8-5-6-9-20(18)24(25,26)27/h5-6,8-9,11-14,16H,2-4,7,10,15H2,1H3. The molecule has 0 aliphatic carbocycles. The minimum absolute atomic E-state index is 0.163. The second-order valence-electron chi connectivity index (χ2n) is 7.05. The van der Waals surface area contributed by atoms with Crippen LogP contribution >= 0.6 is 11.8 Å². The van der Waals surface area contributed by atoms with Crippen LogP contribution in [0.3, 0.4) is 0 Å². The smallest absolute Gasteiger partial charge is 0.417 e. The molecule has 0 unspecified atom stereocenters. The van der Waals surface area contributed by atoms with Crippen LogP contribution in [0.1, 0.15) is 38.2 Å². The van der Waals surface area contributed by atoms with Gasteiger partial charge in [0.15, 0.2) is 0 Å². The maximum absolute atomic E-state index is 13.4. The maximum Gasteiger partial charge on any atom is 0.417 e. The molecule has 0 fully saturated rings. The van der Waals surface area contributed by atoms with Gasteiger partial charge in [-0.2, -0.15) is 13.2 Å². The molecule has 3 rings (SSSR count). The summed E-state index contributed by atoms with van der Waals surface area (Å²) < 4.78 is 45.3. The number of thioether (sulfide) groups is 1. The van der Waals surface area contributed by atoms with Crippen molar-refractivity contribution < 1.29 is 22.7 Å². The lowest BCUT2D eigenvalue weighted by Gasteiger charge is -2.14. The first-order chi connectivity index (χ1) is 14.9. The van der Waals surface area contributed by atoms with Crippen LogP contribution in [0.5, 0.6) is 0 Å². The van der Waals surface area contributed by atoms with Gasteiger partial charge in [0.05, 0.1) is 17.7 Å². The average Bonchev–Trinajstić information content (AvgIpc) is 2.75. The first-order valence-corrected chi connectivity index (χ1v) is 11.2. The van der Waals surface area contributed by atoms with Crippen LogP contribution in [0.15, 0.2) is 59.6 Å². The van der Waals surface area contributed by atoms with E-state index in [1.54, 1.807) is 49.1 Å². The molecule has 0 bridgehead atoms. The summed E-state index contributed by atoms with van der Waals surface area (Å²) in [7, 11) is 0. The van der Waals surface area contributed by atoms with E-state index in [2.05, 4.69) is 4.98 Å². The average molecular weight is 448 g/mol. The van der Waals surface area contributed by atoms with Gasteiger partial charge in [-0.05, 0) is 60.9 Å². The Labute approximate surface area is 184 Å². The van der Waals surface area contributed by atoms with Gasteiger partial charge in [-0.3, -0.25) is 9.78 Å². The molecule has 1 aromatic heterocycles. The quantitative estimate of drug-likeness (QED) is 0.199. The molecular formula is C24H24F3NO2S. The van der Waals surface area contributed by atoms with Gasteiger partial charge in [-0.25, -0.2) is 0 Å². The van der Waals surface area contributed by atoms with Crippen molar-refractivity contribution in [1.82, 2.24) is 4.98 Å². The van der Waals surface area contributed by atoms with Crippen molar-refractivity contribution in [2.24, 2.45) is 0 Å². The molecule has 164 valence electrons. The van der Waals surface area contributed by atoms with Crippen molar-refractivity contribution in [3.8, 4) is 11.1 Å². The third kappa shape index (κ3) is 6.23. The van der Waals surface area contributed by atoms with Crippen molar-refractivity contribution in [1.29, 1.82) is 0 Å². The van der Waals surface area contributed by atoms with E-state index in [0.717, 1.165) is 46.9 Å². The van der Waals surface area contributed by atoms with E-state index in [-0.39, 0.29) is 11.5 Å². The first-order valence-electron chi connectivity index (χ1n) is 10.2. The molecule has 0 saturated heterocycles. The van der Waals surface area contributed by atoms with Crippen LogP contribution in [0.25, 0.3) is 22.0 Å². The Hall–Kier alpha value is -2.54. The number of alkyl halides is 3. The molecular weight excluding hydrogens is 423 g/mol. The van der Waals surface area contributed by atoms with Gasteiger partial charge < -0.3 is 4.74 Å². The summed E-state index contributed by atoms with van der Waals surface area (Å²) in [6, 6.07) is 12.7. The number of carbonyl (C=O) groups is 1. The lowest BCUT2D eigenvalue weighted by atomic mass is 9.98. The summed E-state index contributed by atoms with van der Waals surface area (Å²) >= 11 is 1.65. The fourth-order valence-electron chi connectivity index (χ4n) is 3.36. The van der Waals surface area contributed by atoms with Crippen LogP contribution in [-0.4, -0.2) is 23.3 Å². The maximum atomic E-state index is 13.4. The summed E-state index contributed by atoms with van der Waals surface area (Å²) in [5.41, 5.74) is 0.787. The molecule has 31 heavy (non-hydrogen) atoms. The summed E-state index contributed by atoms with van der Waals surface area (Å²) in [5.74, 6) is 0.688. The summed E-state index contributed by atoms with van der Waals surface area (Å²) in [4.78, 5) is 16.7. The molecule has 7 heteroatoms. The van der Waals surface area contributed by atoms with Gasteiger partial charge in [-0.15, -0.1) is 11.8 Å². The number of nitrogens with zero attached hydrogens (tertiary/aromatic N) is 1. The lowest BCUT2D eigenvalue weighted by Crippen LogP contribution is -2.06. The number of rotatable bonds is 9. The first kappa shape index (κ1) is 23.1. The van der Waals surface area contributed by atoms with E-state index in [9.17, 15) is 18.0 Å². The molecule has 0 saturated carbocycles. The van der Waals surface area contributed by atoms with Gasteiger partial charge >= 0.3 is 12.1 Å². The molecule has 0 amide bonds. The van der Waals surface area contributed by atoms with Gasteiger partial charge in [-0.1, -0.05) is 30.7 Å². The predicted octanol–water partition coefficient (Wildman–Crippen LogP) is 7.14. The number of carbonyl (C=O) groups excluding carboxylic acids is 1. The molecule has 3 nitrogen and oxygen atoms in total. The molecule has 0 spiro atoms. The van der Waals surface area contributed by atoms with E-state index in [1.165, 1.54) is 12.1 Å². The normalized spacial score (nSPS) is 11.6. The Morgan fingerprint density at radius 2 is 1.87 bits per heavy atom. The van der Waals surface area contributed by atoms with Crippen LogP contribution in [0.4, 0.5) is 13.2 Å². The number of benzene rings is 2. The Morgan fingerprint density at radius 1 is 1.06 bits per heavy atom. The van der Waals surface area contributed by atoms with Gasteiger partial charge in [0, 0.05) is 22.9 Å². The lowest BCUT2D eigenvalue weighted by molar-refractivity contribution is -0.143.